The number of carbonyl (C=O) groups is 2. The first kappa shape index (κ1) is 24.2. The number of benzene rings is 1. The normalized spacial score (nSPS) is 10.3. The summed E-state index contributed by atoms with van der Waals surface area (Å²) in [5.41, 5.74) is 12.5. The van der Waals surface area contributed by atoms with E-state index in [9.17, 15) is 9.59 Å². The van der Waals surface area contributed by atoms with E-state index < -0.39 is 11.8 Å². The molecule has 4 nitrogen and oxygen atoms in total. The fourth-order valence-electron chi connectivity index (χ4n) is 3.00. The quantitative estimate of drug-likeness (QED) is 0.417. The van der Waals surface area contributed by atoms with Gasteiger partial charge in [0.25, 0.3) is 0 Å². The maximum atomic E-state index is 11.5. The van der Waals surface area contributed by atoms with E-state index in [0.29, 0.717) is 11.1 Å². The SMILES string of the molecule is CCCCCCCCCCCCc1cc(C(N)=O)ccc1C(N)=O.[NaH]. The van der Waals surface area contributed by atoms with Crippen LogP contribution in [0.2, 0.25) is 0 Å². The number of carbonyl (C=O) groups excluding carboxylic acids is 2. The molecule has 25 heavy (non-hydrogen) atoms. The van der Waals surface area contributed by atoms with Gasteiger partial charge in [-0.2, -0.15) is 0 Å². The molecule has 0 spiro atoms. The van der Waals surface area contributed by atoms with Gasteiger partial charge in [0.15, 0.2) is 0 Å². The fourth-order valence-corrected chi connectivity index (χ4v) is 3.00. The summed E-state index contributed by atoms with van der Waals surface area (Å²) >= 11 is 0. The van der Waals surface area contributed by atoms with Gasteiger partial charge in [-0.1, -0.05) is 64.7 Å². The van der Waals surface area contributed by atoms with Crippen molar-refractivity contribution in [2.24, 2.45) is 11.5 Å². The van der Waals surface area contributed by atoms with Gasteiger partial charge in [0.05, 0.1) is 0 Å². The monoisotopic (exact) mass is 356 g/mol. The second-order valence-electron chi connectivity index (χ2n) is 6.53. The molecule has 0 saturated heterocycles. The molecule has 0 aliphatic rings. The van der Waals surface area contributed by atoms with Crippen LogP contribution in [0.4, 0.5) is 0 Å². The number of rotatable bonds is 13. The number of hydrogen-bond donors (Lipinski definition) is 2. The molecule has 0 heterocycles. The van der Waals surface area contributed by atoms with Gasteiger partial charge in [-0.05, 0) is 36.6 Å². The van der Waals surface area contributed by atoms with E-state index in [1.807, 2.05) is 0 Å². The number of hydrogen-bond acceptors (Lipinski definition) is 2. The molecular formula is C20H33N2NaO2. The summed E-state index contributed by atoms with van der Waals surface area (Å²) < 4.78 is 0. The van der Waals surface area contributed by atoms with Crippen LogP contribution in [0.15, 0.2) is 18.2 Å². The average molecular weight is 356 g/mol. The molecule has 0 radical (unpaired) electrons. The van der Waals surface area contributed by atoms with Crippen LogP contribution in [0.1, 0.15) is 97.4 Å². The van der Waals surface area contributed by atoms with Gasteiger partial charge in [-0.3, -0.25) is 9.59 Å². The van der Waals surface area contributed by atoms with Crippen molar-refractivity contribution in [3.8, 4) is 0 Å². The van der Waals surface area contributed by atoms with E-state index in [4.69, 9.17) is 11.5 Å². The Kier molecular flexibility index (Phi) is 13.9. The van der Waals surface area contributed by atoms with Gasteiger partial charge >= 0.3 is 29.6 Å². The number of nitrogens with two attached hydrogens (primary N) is 2. The van der Waals surface area contributed by atoms with Crippen molar-refractivity contribution in [3.05, 3.63) is 34.9 Å². The van der Waals surface area contributed by atoms with E-state index in [0.717, 1.165) is 24.8 Å². The predicted molar refractivity (Wildman–Crippen MR) is 106 cm³/mol. The second kappa shape index (κ2) is 14.3. The molecule has 5 heteroatoms. The molecule has 0 aromatic heterocycles. The molecule has 0 bridgehead atoms. The Labute approximate surface area is 174 Å². The van der Waals surface area contributed by atoms with Crippen molar-refractivity contribution >= 4 is 41.4 Å². The molecule has 1 rings (SSSR count). The minimum absolute atomic E-state index is 0. The first-order valence-corrected chi connectivity index (χ1v) is 9.28. The molecular weight excluding hydrogens is 323 g/mol. The summed E-state index contributed by atoms with van der Waals surface area (Å²) in [7, 11) is 0. The zero-order valence-electron chi connectivity index (χ0n) is 15.0. The van der Waals surface area contributed by atoms with Crippen LogP contribution in [-0.2, 0) is 6.42 Å². The third-order valence-electron chi connectivity index (χ3n) is 4.45. The van der Waals surface area contributed by atoms with Crippen LogP contribution in [0.3, 0.4) is 0 Å². The van der Waals surface area contributed by atoms with E-state index in [2.05, 4.69) is 6.92 Å². The summed E-state index contributed by atoms with van der Waals surface area (Å²) in [4.78, 5) is 22.8. The number of amides is 2. The second-order valence-corrected chi connectivity index (χ2v) is 6.53. The summed E-state index contributed by atoms with van der Waals surface area (Å²) in [6, 6.07) is 4.87. The Balaban J connectivity index is 0.00000576. The molecule has 0 saturated carbocycles. The molecule has 0 aliphatic heterocycles. The first-order valence-electron chi connectivity index (χ1n) is 9.28. The molecule has 1 aromatic rings. The van der Waals surface area contributed by atoms with Crippen molar-refractivity contribution in [1.82, 2.24) is 0 Å². The Hall–Kier alpha value is -0.840. The molecule has 1 aromatic carbocycles. The number of aryl methyl sites for hydroxylation is 1. The Morgan fingerprint density at radius 2 is 1.32 bits per heavy atom. The van der Waals surface area contributed by atoms with Crippen molar-refractivity contribution < 1.29 is 9.59 Å². The molecule has 0 fully saturated rings. The van der Waals surface area contributed by atoms with E-state index in [1.165, 1.54) is 51.4 Å². The zero-order valence-corrected chi connectivity index (χ0v) is 15.0. The maximum absolute atomic E-state index is 11.5. The summed E-state index contributed by atoms with van der Waals surface area (Å²) in [5, 5.41) is 0. The number of unbranched alkanes of at least 4 members (excludes halogenated alkanes) is 9. The van der Waals surface area contributed by atoms with Crippen LogP contribution >= 0.6 is 0 Å². The van der Waals surface area contributed by atoms with Crippen LogP contribution in [0, 0.1) is 0 Å². The van der Waals surface area contributed by atoms with Gasteiger partial charge in [0, 0.05) is 11.1 Å². The zero-order chi connectivity index (χ0) is 17.8. The Morgan fingerprint density at radius 3 is 1.80 bits per heavy atom. The Morgan fingerprint density at radius 1 is 0.800 bits per heavy atom. The molecule has 0 atom stereocenters. The van der Waals surface area contributed by atoms with Gasteiger partial charge < -0.3 is 11.5 Å². The predicted octanol–water partition coefficient (Wildman–Crippen LogP) is 3.70. The van der Waals surface area contributed by atoms with Crippen molar-refractivity contribution in [3.63, 3.8) is 0 Å². The van der Waals surface area contributed by atoms with Crippen molar-refractivity contribution in [2.75, 3.05) is 0 Å². The summed E-state index contributed by atoms with van der Waals surface area (Å²) in [6.07, 6.45) is 13.4. The van der Waals surface area contributed by atoms with E-state index in [1.54, 1.807) is 18.2 Å². The topological polar surface area (TPSA) is 86.2 Å². The molecule has 4 N–H and O–H groups in total. The van der Waals surface area contributed by atoms with Crippen LogP contribution in [0.25, 0.3) is 0 Å². The van der Waals surface area contributed by atoms with Gasteiger partial charge in [0.2, 0.25) is 11.8 Å². The van der Waals surface area contributed by atoms with E-state index in [-0.39, 0.29) is 29.6 Å². The van der Waals surface area contributed by atoms with E-state index >= 15 is 0 Å². The Bertz CT molecular complexity index is 532. The first-order chi connectivity index (χ1) is 11.6. The van der Waals surface area contributed by atoms with Crippen molar-refractivity contribution in [2.45, 2.75) is 77.6 Å². The minimum atomic E-state index is -0.477. The fraction of sp³-hybridized carbons (Fsp3) is 0.600. The van der Waals surface area contributed by atoms with Gasteiger partial charge in [-0.25, -0.2) is 0 Å². The summed E-state index contributed by atoms with van der Waals surface area (Å²) in [6.45, 7) is 2.24. The molecule has 0 unspecified atom stereocenters. The number of primary amides is 2. The molecule has 2 amide bonds. The van der Waals surface area contributed by atoms with Gasteiger partial charge in [0.1, 0.15) is 0 Å². The van der Waals surface area contributed by atoms with Crippen LogP contribution < -0.4 is 11.5 Å². The third kappa shape index (κ3) is 10.0. The summed E-state index contributed by atoms with van der Waals surface area (Å²) in [5.74, 6) is -0.927. The van der Waals surface area contributed by atoms with Crippen LogP contribution in [-0.4, -0.2) is 41.4 Å². The van der Waals surface area contributed by atoms with Crippen LogP contribution in [0.5, 0.6) is 0 Å². The van der Waals surface area contributed by atoms with Gasteiger partial charge in [-0.15, -0.1) is 0 Å². The molecule has 0 aliphatic carbocycles. The van der Waals surface area contributed by atoms with Crippen molar-refractivity contribution in [1.29, 1.82) is 0 Å². The standard InChI is InChI=1S/C20H32N2O2.Na.H/c1-2-3-4-5-6-7-8-9-10-11-12-16-15-17(19(21)23)13-14-18(16)20(22)24;;/h13-15H,2-12H2,1H3,(H2,21,23)(H2,22,24);;. The third-order valence-corrected chi connectivity index (χ3v) is 4.45. The molecule has 136 valence electrons. The average Bonchev–Trinajstić information content (AvgIpc) is 2.56.